The van der Waals surface area contributed by atoms with E-state index in [0.29, 0.717) is 25.0 Å². The van der Waals surface area contributed by atoms with Crippen LogP contribution in [0.15, 0.2) is 54.6 Å². The van der Waals surface area contributed by atoms with E-state index in [1.807, 2.05) is 30.3 Å². The summed E-state index contributed by atoms with van der Waals surface area (Å²) in [6.45, 7) is 0.366. The molecule has 0 aliphatic rings. The van der Waals surface area contributed by atoms with Crippen molar-refractivity contribution in [2.75, 3.05) is 6.61 Å². The summed E-state index contributed by atoms with van der Waals surface area (Å²) in [6.07, 6.45) is -0.388. The second-order valence-electron chi connectivity index (χ2n) is 5.53. The van der Waals surface area contributed by atoms with Gasteiger partial charge in [-0.05, 0) is 29.7 Å². The molecule has 128 valence electrons. The lowest BCUT2D eigenvalue weighted by molar-refractivity contribution is -0.384. The molecule has 0 spiro atoms. The molecule has 0 bridgehead atoms. The average molecular weight is 331 g/mol. The van der Waals surface area contributed by atoms with E-state index in [9.17, 15) is 20.3 Å². The SMILES string of the molecule is O=[N+]([O-])c1ccc(C(O)CC(CCO)OCc2ccccc2)cc1. The molecule has 0 heterocycles. The third kappa shape index (κ3) is 5.42. The van der Waals surface area contributed by atoms with Crippen molar-refractivity contribution in [1.29, 1.82) is 0 Å². The Hall–Kier alpha value is -2.28. The first-order valence-electron chi connectivity index (χ1n) is 7.79. The Morgan fingerprint density at radius 1 is 1.08 bits per heavy atom. The zero-order valence-electron chi connectivity index (χ0n) is 13.2. The second kappa shape index (κ2) is 9.12. The number of ether oxygens (including phenoxy) is 1. The van der Waals surface area contributed by atoms with E-state index in [4.69, 9.17) is 4.74 Å². The van der Waals surface area contributed by atoms with Crippen LogP contribution in [-0.2, 0) is 11.3 Å². The van der Waals surface area contributed by atoms with E-state index in [0.717, 1.165) is 5.56 Å². The van der Waals surface area contributed by atoms with Gasteiger partial charge in [-0.1, -0.05) is 30.3 Å². The molecule has 0 saturated heterocycles. The van der Waals surface area contributed by atoms with Gasteiger partial charge in [0.15, 0.2) is 0 Å². The Morgan fingerprint density at radius 3 is 2.33 bits per heavy atom. The van der Waals surface area contributed by atoms with Crippen molar-refractivity contribution in [3.05, 3.63) is 75.8 Å². The highest BCUT2D eigenvalue weighted by Gasteiger charge is 2.17. The number of non-ortho nitro benzene ring substituents is 1. The lowest BCUT2D eigenvalue weighted by atomic mass is 10.0. The summed E-state index contributed by atoms with van der Waals surface area (Å²) in [6, 6.07) is 15.5. The van der Waals surface area contributed by atoms with Crippen LogP contribution >= 0.6 is 0 Å². The normalized spacial score (nSPS) is 13.4. The molecule has 0 aliphatic carbocycles. The number of nitro groups is 1. The average Bonchev–Trinajstić information content (AvgIpc) is 2.60. The maximum atomic E-state index is 10.7. The number of aliphatic hydroxyl groups excluding tert-OH is 2. The van der Waals surface area contributed by atoms with E-state index in [1.54, 1.807) is 0 Å². The van der Waals surface area contributed by atoms with E-state index in [1.165, 1.54) is 24.3 Å². The molecule has 2 N–H and O–H groups in total. The molecule has 6 heteroatoms. The Bertz CT molecular complexity index is 630. The van der Waals surface area contributed by atoms with Gasteiger partial charge in [-0.3, -0.25) is 10.1 Å². The van der Waals surface area contributed by atoms with Crippen molar-refractivity contribution in [3.8, 4) is 0 Å². The Labute approximate surface area is 140 Å². The molecule has 0 aliphatic heterocycles. The number of hydrogen-bond donors (Lipinski definition) is 2. The third-order valence-corrected chi connectivity index (χ3v) is 3.75. The lowest BCUT2D eigenvalue weighted by Gasteiger charge is -2.20. The summed E-state index contributed by atoms with van der Waals surface area (Å²) in [7, 11) is 0. The van der Waals surface area contributed by atoms with Crippen molar-refractivity contribution in [2.45, 2.75) is 31.7 Å². The zero-order chi connectivity index (χ0) is 17.4. The summed E-state index contributed by atoms with van der Waals surface area (Å²) in [5.41, 5.74) is 1.59. The molecule has 0 radical (unpaired) electrons. The van der Waals surface area contributed by atoms with Crippen molar-refractivity contribution >= 4 is 5.69 Å². The number of aliphatic hydroxyl groups is 2. The number of nitro benzene ring substituents is 1. The van der Waals surface area contributed by atoms with Crippen LogP contribution in [0.3, 0.4) is 0 Å². The molecule has 2 aromatic carbocycles. The standard InChI is InChI=1S/C18H21NO5/c20-11-10-17(24-13-14-4-2-1-3-5-14)12-18(21)15-6-8-16(9-7-15)19(22)23/h1-9,17-18,20-21H,10-13H2. The molecule has 24 heavy (non-hydrogen) atoms. The van der Waals surface area contributed by atoms with Crippen molar-refractivity contribution < 1.29 is 19.9 Å². The predicted molar refractivity (Wildman–Crippen MR) is 89.4 cm³/mol. The fraction of sp³-hybridized carbons (Fsp3) is 0.333. The number of nitrogens with zero attached hydrogens (tertiary/aromatic N) is 1. The topological polar surface area (TPSA) is 92.8 Å². The molecule has 2 atom stereocenters. The van der Waals surface area contributed by atoms with Gasteiger partial charge in [-0.25, -0.2) is 0 Å². The summed E-state index contributed by atoms with van der Waals surface area (Å²) in [5, 5.41) is 30.2. The summed E-state index contributed by atoms with van der Waals surface area (Å²) in [5.74, 6) is 0. The van der Waals surface area contributed by atoms with Crippen LogP contribution < -0.4 is 0 Å². The highest BCUT2D eigenvalue weighted by molar-refractivity contribution is 5.33. The van der Waals surface area contributed by atoms with E-state index < -0.39 is 11.0 Å². The van der Waals surface area contributed by atoms with E-state index >= 15 is 0 Å². The quantitative estimate of drug-likeness (QED) is 0.544. The highest BCUT2D eigenvalue weighted by Crippen LogP contribution is 2.24. The molecule has 0 aromatic heterocycles. The summed E-state index contributed by atoms with van der Waals surface area (Å²) < 4.78 is 5.79. The van der Waals surface area contributed by atoms with E-state index in [-0.39, 0.29) is 18.4 Å². The zero-order valence-corrected chi connectivity index (χ0v) is 13.2. The van der Waals surface area contributed by atoms with Gasteiger partial charge in [0.05, 0.1) is 23.7 Å². The molecule has 6 nitrogen and oxygen atoms in total. The second-order valence-corrected chi connectivity index (χ2v) is 5.53. The van der Waals surface area contributed by atoms with Crippen molar-refractivity contribution in [1.82, 2.24) is 0 Å². The summed E-state index contributed by atoms with van der Waals surface area (Å²) in [4.78, 5) is 10.2. The molecular weight excluding hydrogens is 310 g/mol. The van der Waals surface area contributed by atoms with Gasteiger partial charge in [0.1, 0.15) is 0 Å². The molecule has 2 rings (SSSR count). The maximum Gasteiger partial charge on any atom is 0.269 e. The molecule has 2 unspecified atom stereocenters. The largest absolute Gasteiger partial charge is 0.396 e. The first-order valence-corrected chi connectivity index (χ1v) is 7.79. The molecule has 2 aromatic rings. The van der Waals surface area contributed by atoms with Crippen LogP contribution in [0.4, 0.5) is 5.69 Å². The molecule has 0 saturated carbocycles. The van der Waals surface area contributed by atoms with Gasteiger partial charge in [-0.2, -0.15) is 0 Å². The monoisotopic (exact) mass is 331 g/mol. The Kier molecular flexibility index (Phi) is 6.87. The van der Waals surface area contributed by atoms with Gasteiger partial charge < -0.3 is 14.9 Å². The van der Waals surface area contributed by atoms with Gasteiger partial charge in [0.25, 0.3) is 5.69 Å². The third-order valence-electron chi connectivity index (χ3n) is 3.75. The maximum absolute atomic E-state index is 10.7. The lowest BCUT2D eigenvalue weighted by Crippen LogP contribution is -2.18. The molecule has 0 fully saturated rings. The predicted octanol–water partition coefficient (Wildman–Crippen LogP) is 2.99. The van der Waals surface area contributed by atoms with Crippen LogP contribution in [0.2, 0.25) is 0 Å². The minimum atomic E-state index is -0.807. The first-order chi connectivity index (χ1) is 11.6. The molecule has 0 amide bonds. The minimum absolute atomic E-state index is 0.0156. The fourth-order valence-electron chi connectivity index (χ4n) is 2.40. The molecular formula is C18H21NO5. The van der Waals surface area contributed by atoms with Gasteiger partial charge >= 0.3 is 0 Å². The summed E-state index contributed by atoms with van der Waals surface area (Å²) >= 11 is 0. The van der Waals surface area contributed by atoms with Crippen LogP contribution in [0.25, 0.3) is 0 Å². The van der Waals surface area contributed by atoms with E-state index in [2.05, 4.69) is 0 Å². The van der Waals surface area contributed by atoms with Crippen molar-refractivity contribution in [2.24, 2.45) is 0 Å². The smallest absolute Gasteiger partial charge is 0.269 e. The van der Waals surface area contributed by atoms with Crippen LogP contribution in [0.1, 0.15) is 30.1 Å². The fourth-order valence-corrected chi connectivity index (χ4v) is 2.40. The van der Waals surface area contributed by atoms with Gasteiger partial charge in [-0.15, -0.1) is 0 Å². The van der Waals surface area contributed by atoms with Gasteiger partial charge in [0.2, 0.25) is 0 Å². The van der Waals surface area contributed by atoms with Crippen LogP contribution in [0, 0.1) is 10.1 Å². The number of benzene rings is 2. The highest BCUT2D eigenvalue weighted by atomic mass is 16.6. The Balaban J connectivity index is 1.94. The number of hydrogen-bond acceptors (Lipinski definition) is 5. The number of rotatable bonds is 9. The first kappa shape index (κ1) is 18.1. The van der Waals surface area contributed by atoms with Crippen LogP contribution in [0.5, 0.6) is 0 Å². The van der Waals surface area contributed by atoms with Gasteiger partial charge in [0, 0.05) is 25.2 Å². The Morgan fingerprint density at radius 2 is 1.75 bits per heavy atom. The van der Waals surface area contributed by atoms with Crippen LogP contribution in [-0.4, -0.2) is 27.8 Å². The van der Waals surface area contributed by atoms with Crippen molar-refractivity contribution in [3.63, 3.8) is 0 Å². The minimum Gasteiger partial charge on any atom is -0.396 e.